The molecular formula is C36H53F2NO9. The number of carbonyl (C=O) groups excluding carboxylic acids is 1. The molecule has 48 heavy (non-hydrogen) atoms. The van der Waals surface area contributed by atoms with Crippen molar-refractivity contribution in [2.24, 2.45) is 0 Å². The Kier molecular flexibility index (Phi) is 17.7. The summed E-state index contributed by atoms with van der Waals surface area (Å²) in [4.78, 5) is 12.7. The lowest BCUT2D eigenvalue weighted by atomic mass is 9.99. The van der Waals surface area contributed by atoms with Crippen LogP contribution in [-0.2, 0) is 20.7 Å². The van der Waals surface area contributed by atoms with Crippen LogP contribution in [0.1, 0.15) is 89.5 Å². The Labute approximate surface area is 282 Å². The van der Waals surface area contributed by atoms with E-state index in [2.05, 4.69) is 5.32 Å². The third kappa shape index (κ3) is 13.3. The number of hydrogen-bond acceptors (Lipinski definition) is 9. The van der Waals surface area contributed by atoms with Gasteiger partial charge in [-0.2, -0.15) is 0 Å². The molecule has 6 N–H and O–H groups in total. The van der Waals surface area contributed by atoms with E-state index in [1.807, 2.05) is 31.2 Å². The van der Waals surface area contributed by atoms with Gasteiger partial charge in [-0.05, 0) is 55.5 Å². The molecule has 2 aromatic carbocycles. The zero-order chi connectivity index (χ0) is 34.9. The molecule has 0 radical (unpaired) electrons. The van der Waals surface area contributed by atoms with Gasteiger partial charge in [-0.3, -0.25) is 4.79 Å². The molecule has 7 atom stereocenters. The molecule has 1 aliphatic heterocycles. The molecule has 0 bridgehead atoms. The number of hydrogen-bond donors (Lipinski definition) is 6. The summed E-state index contributed by atoms with van der Waals surface area (Å²) in [5.41, 5.74) is 1.19. The van der Waals surface area contributed by atoms with Crippen LogP contribution >= 0.6 is 0 Å². The molecule has 0 saturated carbocycles. The molecule has 1 aliphatic rings. The van der Waals surface area contributed by atoms with E-state index in [0.29, 0.717) is 25.0 Å². The molecule has 10 nitrogen and oxygen atoms in total. The maximum Gasteiger partial charge on any atom is 0.220 e. The van der Waals surface area contributed by atoms with E-state index in [0.717, 1.165) is 76.3 Å². The highest BCUT2D eigenvalue weighted by Crippen LogP contribution is 2.25. The third-order valence-electron chi connectivity index (χ3n) is 8.62. The Morgan fingerprint density at radius 1 is 0.854 bits per heavy atom. The summed E-state index contributed by atoms with van der Waals surface area (Å²) in [6, 6.07) is 10.3. The lowest BCUT2D eigenvalue weighted by molar-refractivity contribution is -0.302. The molecule has 0 aliphatic carbocycles. The van der Waals surface area contributed by atoms with Crippen LogP contribution in [0, 0.1) is 11.6 Å². The minimum atomic E-state index is -1.57. The predicted molar refractivity (Wildman–Crippen MR) is 175 cm³/mol. The molecule has 3 unspecified atom stereocenters. The van der Waals surface area contributed by atoms with Gasteiger partial charge < -0.3 is 45.1 Å². The maximum atomic E-state index is 13.4. The van der Waals surface area contributed by atoms with Crippen LogP contribution in [-0.4, -0.2) is 87.5 Å². The Bertz CT molecular complexity index is 1200. The SMILES string of the molecule is CCCC[C@@H](O)[C@H](CO[C@H]1OC(CO)[C@H](O)C(O)C1O)NC(=O)CCCCCCCCCCc1ccc(Oc2ccc(F)c(F)c2)cc1. The zero-order valence-electron chi connectivity index (χ0n) is 27.8. The maximum absolute atomic E-state index is 13.4. The van der Waals surface area contributed by atoms with Crippen LogP contribution in [0.2, 0.25) is 0 Å². The molecule has 0 aromatic heterocycles. The van der Waals surface area contributed by atoms with Crippen molar-refractivity contribution in [1.82, 2.24) is 5.32 Å². The van der Waals surface area contributed by atoms with Gasteiger partial charge >= 0.3 is 0 Å². The summed E-state index contributed by atoms with van der Waals surface area (Å²) < 4.78 is 43.0. The molecule has 2 aromatic rings. The van der Waals surface area contributed by atoms with Gasteiger partial charge in [0.05, 0.1) is 25.4 Å². The summed E-state index contributed by atoms with van der Waals surface area (Å²) in [5.74, 6) is -1.26. The van der Waals surface area contributed by atoms with Crippen molar-refractivity contribution in [2.45, 2.75) is 133 Å². The van der Waals surface area contributed by atoms with E-state index < -0.39 is 61.1 Å². The van der Waals surface area contributed by atoms with E-state index in [1.165, 1.54) is 11.6 Å². The number of carbonyl (C=O) groups is 1. The number of unbranched alkanes of at least 4 members (excludes halogenated alkanes) is 8. The van der Waals surface area contributed by atoms with Crippen molar-refractivity contribution < 1.29 is 53.3 Å². The third-order valence-corrected chi connectivity index (χ3v) is 8.62. The van der Waals surface area contributed by atoms with Crippen molar-refractivity contribution in [3.8, 4) is 11.5 Å². The highest BCUT2D eigenvalue weighted by molar-refractivity contribution is 5.76. The molecule has 12 heteroatoms. The van der Waals surface area contributed by atoms with Crippen molar-refractivity contribution in [3.05, 3.63) is 59.7 Å². The number of halogens is 2. The van der Waals surface area contributed by atoms with E-state index in [1.54, 1.807) is 0 Å². The van der Waals surface area contributed by atoms with E-state index >= 15 is 0 Å². The van der Waals surface area contributed by atoms with E-state index in [-0.39, 0.29) is 18.3 Å². The second kappa shape index (κ2) is 21.4. The zero-order valence-corrected chi connectivity index (χ0v) is 27.8. The predicted octanol–water partition coefficient (Wildman–Crippen LogP) is 4.66. The number of aliphatic hydroxyl groups is 5. The average molecular weight is 682 g/mol. The average Bonchev–Trinajstić information content (AvgIpc) is 3.08. The topological polar surface area (TPSA) is 158 Å². The standard InChI is InChI=1S/C36H53F2NO9/c1-2-3-13-30(41)29(23-46-36-35(45)34(44)33(43)31(22-40)48-36)39-32(42)14-11-9-7-5-4-6-8-10-12-24-15-17-25(18-16-24)47-26-19-20-27(37)28(38)21-26/h15-21,29-31,33-36,40-41,43-45H,2-14,22-23H2,1H3,(H,39,42)/t29-,30+,31?,33-,34?,35?,36-/m0/s1. The first-order chi connectivity index (χ1) is 23.1. The normalized spacial score (nSPS) is 22.3. The Morgan fingerprint density at radius 3 is 2.15 bits per heavy atom. The Morgan fingerprint density at radius 2 is 1.50 bits per heavy atom. The monoisotopic (exact) mass is 681 g/mol. The second-order valence-corrected chi connectivity index (χ2v) is 12.6. The molecule has 1 saturated heterocycles. The number of aryl methyl sites for hydroxylation is 1. The second-order valence-electron chi connectivity index (χ2n) is 12.6. The van der Waals surface area contributed by atoms with Crippen molar-refractivity contribution in [1.29, 1.82) is 0 Å². The minimum absolute atomic E-state index is 0.182. The van der Waals surface area contributed by atoms with Gasteiger partial charge in [0.2, 0.25) is 5.91 Å². The molecule has 3 rings (SSSR count). The first-order valence-electron chi connectivity index (χ1n) is 17.2. The molecule has 0 spiro atoms. The molecule has 270 valence electrons. The van der Waals surface area contributed by atoms with Crippen LogP contribution < -0.4 is 10.1 Å². The van der Waals surface area contributed by atoms with Gasteiger partial charge in [0.25, 0.3) is 0 Å². The van der Waals surface area contributed by atoms with Crippen molar-refractivity contribution >= 4 is 5.91 Å². The van der Waals surface area contributed by atoms with E-state index in [9.17, 15) is 39.1 Å². The number of aliphatic hydroxyl groups excluding tert-OH is 5. The number of benzene rings is 2. The summed E-state index contributed by atoms with van der Waals surface area (Å²) in [6.45, 7) is 1.23. The number of nitrogens with one attached hydrogen (secondary N) is 1. The van der Waals surface area contributed by atoms with Crippen molar-refractivity contribution in [2.75, 3.05) is 13.2 Å². The fraction of sp³-hybridized carbons (Fsp3) is 0.639. The minimum Gasteiger partial charge on any atom is -0.457 e. The van der Waals surface area contributed by atoms with Gasteiger partial charge in [-0.25, -0.2) is 8.78 Å². The molecule has 1 amide bonds. The molecule has 1 fully saturated rings. The summed E-state index contributed by atoms with van der Waals surface area (Å²) in [5, 5.41) is 53.1. The number of ether oxygens (including phenoxy) is 3. The van der Waals surface area contributed by atoms with Crippen LogP contribution in [0.25, 0.3) is 0 Å². The fourth-order valence-corrected chi connectivity index (χ4v) is 5.62. The largest absolute Gasteiger partial charge is 0.457 e. The van der Waals surface area contributed by atoms with Gasteiger partial charge in [0.15, 0.2) is 17.9 Å². The highest BCUT2D eigenvalue weighted by atomic mass is 19.2. The molecule has 1 heterocycles. The fourth-order valence-electron chi connectivity index (χ4n) is 5.62. The van der Waals surface area contributed by atoms with Crippen LogP contribution in [0.4, 0.5) is 8.78 Å². The Hall–Kier alpha value is -2.71. The molecular weight excluding hydrogens is 628 g/mol. The van der Waals surface area contributed by atoms with Crippen molar-refractivity contribution in [3.63, 3.8) is 0 Å². The first-order valence-corrected chi connectivity index (χ1v) is 17.2. The highest BCUT2D eigenvalue weighted by Gasteiger charge is 2.44. The number of rotatable bonds is 22. The van der Waals surface area contributed by atoms with Crippen LogP contribution in [0.3, 0.4) is 0 Å². The lowest BCUT2D eigenvalue weighted by Gasteiger charge is -2.40. The Balaban J connectivity index is 1.26. The van der Waals surface area contributed by atoms with Gasteiger partial charge in [-0.15, -0.1) is 0 Å². The van der Waals surface area contributed by atoms with Gasteiger partial charge in [0.1, 0.15) is 35.9 Å². The quantitative estimate of drug-likeness (QED) is 0.0973. The lowest BCUT2D eigenvalue weighted by Crippen LogP contribution is -2.60. The van der Waals surface area contributed by atoms with Gasteiger partial charge in [-0.1, -0.05) is 70.4 Å². The first kappa shape index (κ1) is 39.7. The van der Waals surface area contributed by atoms with E-state index in [4.69, 9.17) is 14.2 Å². The summed E-state index contributed by atoms with van der Waals surface area (Å²) in [7, 11) is 0. The number of amides is 1. The van der Waals surface area contributed by atoms with Gasteiger partial charge in [0, 0.05) is 12.5 Å². The van der Waals surface area contributed by atoms with Crippen LogP contribution in [0.5, 0.6) is 11.5 Å². The summed E-state index contributed by atoms with van der Waals surface area (Å²) >= 11 is 0. The summed E-state index contributed by atoms with van der Waals surface area (Å²) in [6.07, 6.45) is 3.51. The smallest absolute Gasteiger partial charge is 0.220 e. The van der Waals surface area contributed by atoms with Crippen LogP contribution in [0.15, 0.2) is 42.5 Å².